The van der Waals surface area contributed by atoms with Gasteiger partial charge >= 0.3 is 17.9 Å². The molecule has 0 radical (unpaired) electrons. The van der Waals surface area contributed by atoms with Gasteiger partial charge in [0.15, 0.2) is 33.0 Å². The van der Waals surface area contributed by atoms with E-state index in [0.29, 0.717) is 15.1 Å². The minimum absolute atomic E-state index is 0.225. The molecule has 0 bridgehead atoms. The smallest absolute Gasteiger partial charge is 0.353 e. The van der Waals surface area contributed by atoms with Gasteiger partial charge in [0, 0.05) is 15.9 Å². The van der Waals surface area contributed by atoms with Crippen LogP contribution in [0.1, 0.15) is 58.6 Å². The quantitative estimate of drug-likeness (QED) is 0.129. The molecule has 9 nitrogen and oxygen atoms in total. The maximum atomic E-state index is 14.0. The molecule has 3 aromatic rings. The fourth-order valence-corrected chi connectivity index (χ4v) is 5.21. The summed E-state index contributed by atoms with van der Waals surface area (Å²) in [5.41, 5.74) is -1.63. The van der Waals surface area contributed by atoms with Crippen LogP contribution in [0.4, 0.5) is 8.78 Å². The van der Waals surface area contributed by atoms with Gasteiger partial charge in [-0.05, 0) is 99.8 Å². The zero-order chi connectivity index (χ0) is 32.9. The van der Waals surface area contributed by atoms with Gasteiger partial charge in [0.2, 0.25) is 5.91 Å². The van der Waals surface area contributed by atoms with E-state index in [2.05, 4.69) is 5.32 Å². The number of ether oxygens (including phenoxy) is 3. The number of rotatable bonds is 11. The minimum atomic E-state index is -2.70. The fourth-order valence-electron chi connectivity index (χ4n) is 3.69. The first-order valence-corrected chi connectivity index (χ1v) is 15.4. The topological polar surface area (TPSA) is 117 Å². The Kier molecular flexibility index (Phi) is 11.5. The van der Waals surface area contributed by atoms with Gasteiger partial charge in [0.25, 0.3) is 0 Å². The highest BCUT2D eigenvalue weighted by molar-refractivity contribution is 7.17. The number of halogens is 3. The second-order valence-electron chi connectivity index (χ2n) is 11.7. The third-order valence-electron chi connectivity index (χ3n) is 6.06. The van der Waals surface area contributed by atoms with Crippen LogP contribution in [0.2, 0.25) is 5.02 Å². The van der Waals surface area contributed by atoms with Gasteiger partial charge in [-0.2, -0.15) is 0 Å². The third-order valence-corrected chi connectivity index (χ3v) is 7.70. The Morgan fingerprint density at radius 3 is 2.30 bits per heavy atom. The first kappa shape index (κ1) is 35.3. The lowest BCUT2D eigenvalue weighted by Gasteiger charge is -2.37. The fraction of sp³-hybridized carbons (Fsp3) is 0.367. The summed E-state index contributed by atoms with van der Waals surface area (Å²) in [5, 5.41) is 4.92. The van der Waals surface area contributed by atoms with Crippen LogP contribution in [0.3, 0.4) is 0 Å². The number of hydrogen-bond acceptors (Lipinski definition) is 9. The first-order chi connectivity index (χ1) is 20.5. The van der Waals surface area contributed by atoms with E-state index in [1.165, 1.54) is 23.5 Å². The summed E-state index contributed by atoms with van der Waals surface area (Å²) in [4.78, 5) is 39.8. The molecule has 0 aliphatic heterocycles. The molecule has 0 fully saturated rings. The summed E-state index contributed by atoms with van der Waals surface area (Å²) in [7, 11) is -2.17. The standard InChI is InChI=1S/C30H33ClF2NO8PS/c1-28(2,3)26(36)39-16-40-30(42-43-38,41-27(37)29(4,5)6)24(20-15-44-23-10-8-18(31)14-19(20)23)25(35)34-12-11-17-7-9-21(32)22(33)13-17/h7-15,24H,16,43H2,1-6H3,(H,34,35). The van der Waals surface area contributed by atoms with Crippen LogP contribution in [0.5, 0.6) is 0 Å². The first-order valence-electron chi connectivity index (χ1n) is 13.2. The van der Waals surface area contributed by atoms with Crippen LogP contribution >= 0.6 is 31.6 Å². The summed E-state index contributed by atoms with van der Waals surface area (Å²) in [6.07, 6.45) is 2.46. The Labute approximate surface area is 263 Å². The van der Waals surface area contributed by atoms with Crippen molar-refractivity contribution < 1.29 is 46.5 Å². The monoisotopic (exact) mass is 671 g/mol. The van der Waals surface area contributed by atoms with Gasteiger partial charge in [-0.3, -0.25) is 28.2 Å². The summed E-state index contributed by atoms with van der Waals surface area (Å²) in [5.74, 6) is -8.94. The van der Waals surface area contributed by atoms with Crippen molar-refractivity contribution in [1.82, 2.24) is 5.32 Å². The van der Waals surface area contributed by atoms with E-state index >= 15 is 0 Å². The zero-order valence-electron chi connectivity index (χ0n) is 24.9. The van der Waals surface area contributed by atoms with Crippen LogP contribution in [0, 0.1) is 22.5 Å². The number of nitrogens with one attached hydrogen (secondary N) is 1. The molecule has 3 atom stereocenters. The Morgan fingerprint density at radius 1 is 1.00 bits per heavy atom. The molecule has 3 rings (SSSR count). The summed E-state index contributed by atoms with van der Waals surface area (Å²) >= 11 is 7.51. The van der Waals surface area contributed by atoms with E-state index in [0.717, 1.165) is 18.3 Å². The van der Waals surface area contributed by atoms with E-state index in [9.17, 15) is 27.7 Å². The molecule has 0 saturated heterocycles. The van der Waals surface area contributed by atoms with E-state index in [1.54, 1.807) is 65.1 Å². The van der Waals surface area contributed by atoms with Gasteiger partial charge in [-0.25, -0.2) is 8.78 Å². The molecule has 1 aromatic heterocycles. The highest BCUT2D eigenvalue weighted by Gasteiger charge is 2.53. The number of carbonyl (C=O) groups excluding carboxylic acids is 3. The van der Waals surface area contributed by atoms with Crippen LogP contribution in [-0.2, 0) is 37.7 Å². The second kappa shape index (κ2) is 14.3. The maximum absolute atomic E-state index is 14.0. The molecular weight excluding hydrogens is 639 g/mol. The number of amides is 1. The Balaban J connectivity index is 2.16. The highest BCUT2D eigenvalue weighted by atomic mass is 35.5. The van der Waals surface area contributed by atoms with Crippen molar-refractivity contribution in [3.8, 4) is 0 Å². The van der Waals surface area contributed by atoms with Crippen LogP contribution < -0.4 is 5.32 Å². The number of carbonyl (C=O) groups is 3. The molecule has 0 aliphatic rings. The predicted molar refractivity (Wildman–Crippen MR) is 164 cm³/mol. The van der Waals surface area contributed by atoms with E-state index in [4.69, 9.17) is 30.3 Å². The van der Waals surface area contributed by atoms with Crippen molar-refractivity contribution in [1.29, 1.82) is 0 Å². The Bertz CT molecular complexity index is 1580. The summed E-state index contributed by atoms with van der Waals surface area (Å²) < 4.78 is 62.2. The molecule has 1 heterocycles. The molecule has 1 amide bonds. The van der Waals surface area contributed by atoms with Crippen LogP contribution in [0.25, 0.3) is 16.2 Å². The van der Waals surface area contributed by atoms with E-state index in [1.807, 2.05) is 0 Å². The number of hydrogen-bond donors (Lipinski definition) is 1. The molecule has 0 saturated carbocycles. The number of thiophene rings is 1. The lowest BCUT2D eigenvalue weighted by Crippen LogP contribution is -2.52. The number of fused-ring (bicyclic) bond motifs is 1. The molecule has 14 heteroatoms. The molecule has 238 valence electrons. The molecule has 2 aromatic carbocycles. The van der Waals surface area contributed by atoms with Crippen molar-refractivity contribution in [2.24, 2.45) is 10.8 Å². The Morgan fingerprint density at radius 2 is 1.68 bits per heavy atom. The summed E-state index contributed by atoms with van der Waals surface area (Å²) in [6, 6.07) is 8.10. The summed E-state index contributed by atoms with van der Waals surface area (Å²) in [6.45, 7) is 8.62. The number of esters is 2. The second-order valence-corrected chi connectivity index (χ2v) is 13.5. The maximum Gasteiger partial charge on any atom is 0.353 e. The molecule has 3 unspecified atom stereocenters. The molecular formula is C30H33ClF2NO8PS. The normalized spacial score (nSPS) is 14.6. The molecule has 1 N–H and O–H groups in total. The molecule has 0 aliphatic carbocycles. The number of benzene rings is 2. The van der Waals surface area contributed by atoms with Crippen molar-refractivity contribution in [3.63, 3.8) is 0 Å². The zero-order valence-corrected chi connectivity index (χ0v) is 27.6. The molecule has 0 spiro atoms. The van der Waals surface area contributed by atoms with Gasteiger partial charge in [0.05, 0.1) is 10.8 Å². The van der Waals surface area contributed by atoms with Crippen LogP contribution in [0.15, 0.2) is 48.0 Å². The average molecular weight is 672 g/mol. The van der Waals surface area contributed by atoms with Gasteiger partial charge in [-0.1, -0.05) is 17.7 Å². The van der Waals surface area contributed by atoms with E-state index < -0.39 is 67.7 Å². The largest absolute Gasteiger partial charge is 0.438 e. The predicted octanol–water partition coefficient (Wildman–Crippen LogP) is 7.20. The third kappa shape index (κ3) is 8.73. The highest BCUT2D eigenvalue weighted by Crippen LogP contribution is 2.44. The van der Waals surface area contributed by atoms with E-state index in [-0.39, 0.29) is 11.1 Å². The lowest BCUT2D eigenvalue weighted by atomic mass is 9.93. The van der Waals surface area contributed by atoms with Gasteiger partial charge in [-0.15, -0.1) is 11.3 Å². The SMILES string of the molecule is CC(C)(C)C(=O)OCOC(O[PH2]=O)(OC(=O)C(C)(C)C)C(C(=O)NC=Cc1ccc(F)c(F)c1)c1csc2ccc(Cl)cc12. The molecule has 44 heavy (non-hydrogen) atoms. The van der Waals surface area contributed by atoms with Gasteiger partial charge in [0.1, 0.15) is 0 Å². The van der Waals surface area contributed by atoms with Crippen molar-refractivity contribution in [2.45, 2.75) is 53.4 Å². The lowest BCUT2D eigenvalue weighted by molar-refractivity contribution is -0.351. The van der Waals surface area contributed by atoms with Gasteiger partial charge < -0.3 is 14.8 Å². The van der Waals surface area contributed by atoms with Crippen molar-refractivity contribution in [2.75, 3.05) is 6.79 Å². The van der Waals surface area contributed by atoms with Crippen molar-refractivity contribution in [3.05, 3.63) is 75.8 Å². The van der Waals surface area contributed by atoms with Crippen molar-refractivity contribution >= 4 is 65.6 Å². The average Bonchev–Trinajstić information content (AvgIpc) is 3.32. The minimum Gasteiger partial charge on any atom is -0.438 e. The Hall–Kier alpha value is -3.15. The van der Waals surface area contributed by atoms with Crippen LogP contribution in [-0.4, -0.2) is 30.6 Å².